The fourth-order valence-electron chi connectivity index (χ4n) is 2.50. The standard InChI is InChI=1S/C17H19N3/c1-3-18-11-14-10-13(2)8-9-16(14)20-12-19-15-6-4-5-7-17(15)20/h4-10,12,18H,3,11H2,1-2H3. The highest BCUT2D eigenvalue weighted by Gasteiger charge is 2.08. The molecule has 1 N–H and O–H groups in total. The number of rotatable bonds is 4. The Morgan fingerprint density at radius 2 is 2.00 bits per heavy atom. The van der Waals surface area contributed by atoms with Crippen LogP contribution in [-0.4, -0.2) is 16.1 Å². The van der Waals surface area contributed by atoms with Gasteiger partial charge in [-0.3, -0.25) is 4.57 Å². The summed E-state index contributed by atoms with van der Waals surface area (Å²) in [6, 6.07) is 14.8. The first kappa shape index (κ1) is 12.9. The van der Waals surface area contributed by atoms with Crippen molar-refractivity contribution < 1.29 is 0 Å². The third-order valence-electron chi connectivity index (χ3n) is 3.51. The number of nitrogens with zero attached hydrogens (tertiary/aromatic N) is 2. The van der Waals surface area contributed by atoms with Crippen LogP contribution in [0.3, 0.4) is 0 Å². The average Bonchev–Trinajstić information content (AvgIpc) is 2.89. The van der Waals surface area contributed by atoms with Crippen LogP contribution in [-0.2, 0) is 6.54 Å². The van der Waals surface area contributed by atoms with E-state index >= 15 is 0 Å². The van der Waals surface area contributed by atoms with Gasteiger partial charge in [-0.15, -0.1) is 0 Å². The molecule has 0 bridgehead atoms. The number of hydrogen-bond donors (Lipinski definition) is 1. The van der Waals surface area contributed by atoms with Crippen molar-refractivity contribution in [1.82, 2.24) is 14.9 Å². The monoisotopic (exact) mass is 265 g/mol. The minimum absolute atomic E-state index is 0.875. The van der Waals surface area contributed by atoms with Crippen molar-refractivity contribution >= 4 is 11.0 Å². The van der Waals surface area contributed by atoms with Crippen molar-refractivity contribution in [2.24, 2.45) is 0 Å². The van der Waals surface area contributed by atoms with E-state index < -0.39 is 0 Å². The summed E-state index contributed by atoms with van der Waals surface area (Å²) in [6.45, 7) is 6.10. The van der Waals surface area contributed by atoms with Gasteiger partial charge in [-0.25, -0.2) is 4.98 Å². The van der Waals surface area contributed by atoms with Crippen LogP contribution in [0, 0.1) is 6.92 Å². The first-order chi connectivity index (χ1) is 9.79. The van der Waals surface area contributed by atoms with E-state index in [0.29, 0.717) is 0 Å². The lowest BCUT2D eigenvalue weighted by Crippen LogP contribution is -2.14. The van der Waals surface area contributed by atoms with Crippen molar-refractivity contribution in [2.45, 2.75) is 20.4 Å². The molecule has 0 radical (unpaired) electrons. The molecule has 0 saturated carbocycles. The molecule has 1 heterocycles. The van der Waals surface area contributed by atoms with Crippen molar-refractivity contribution in [3.05, 3.63) is 59.9 Å². The molecule has 0 unspecified atom stereocenters. The molecule has 0 aliphatic heterocycles. The van der Waals surface area contributed by atoms with Gasteiger partial charge in [0.05, 0.1) is 16.7 Å². The smallest absolute Gasteiger partial charge is 0.100 e. The minimum atomic E-state index is 0.875. The number of imidazole rings is 1. The Balaban J connectivity index is 2.13. The van der Waals surface area contributed by atoms with Gasteiger partial charge >= 0.3 is 0 Å². The Bertz CT molecular complexity index is 728. The molecule has 0 fully saturated rings. The highest BCUT2D eigenvalue weighted by atomic mass is 15.1. The average molecular weight is 265 g/mol. The van der Waals surface area contributed by atoms with E-state index in [1.807, 2.05) is 18.5 Å². The summed E-state index contributed by atoms with van der Waals surface area (Å²) in [6.07, 6.45) is 1.91. The molecule has 102 valence electrons. The van der Waals surface area contributed by atoms with Crippen LogP contribution in [0.4, 0.5) is 0 Å². The van der Waals surface area contributed by atoms with E-state index in [9.17, 15) is 0 Å². The number of fused-ring (bicyclic) bond motifs is 1. The summed E-state index contributed by atoms with van der Waals surface area (Å²) >= 11 is 0. The maximum Gasteiger partial charge on any atom is 0.100 e. The summed E-state index contributed by atoms with van der Waals surface area (Å²) in [5.41, 5.74) is 5.96. The lowest BCUT2D eigenvalue weighted by molar-refractivity contribution is 0.722. The second-order valence-electron chi connectivity index (χ2n) is 5.02. The summed E-state index contributed by atoms with van der Waals surface area (Å²) in [7, 11) is 0. The van der Waals surface area contributed by atoms with Crippen LogP contribution in [0.2, 0.25) is 0 Å². The summed E-state index contributed by atoms with van der Waals surface area (Å²) in [5.74, 6) is 0. The SMILES string of the molecule is CCNCc1cc(C)ccc1-n1cnc2ccccc21. The quantitative estimate of drug-likeness (QED) is 0.783. The first-order valence-electron chi connectivity index (χ1n) is 7.02. The molecular formula is C17H19N3. The van der Waals surface area contributed by atoms with Crippen molar-refractivity contribution in [3.63, 3.8) is 0 Å². The summed E-state index contributed by atoms with van der Waals surface area (Å²) < 4.78 is 2.17. The number of aryl methyl sites for hydroxylation is 1. The van der Waals surface area contributed by atoms with Crippen LogP contribution >= 0.6 is 0 Å². The van der Waals surface area contributed by atoms with E-state index in [2.05, 4.69) is 59.0 Å². The van der Waals surface area contributed by atoms with E-state index in [1.54, 1.807) is 0 Å². The molecule has 2 aromatic carbocycles. The van der Waals surface area contributed by atoms with Gasteiger partial charge < -0.3 is 5.32 Å². The Morgan fingerprint density at radius 1 is 1.15 bits per heavy atom. The Hall–Kier alpha value is -2.13. The van der Waals surface area contributed by atoms with Crippen LogP contribution < -0.4 is 5.32 Å². The molecular weight excluding hydrogens is 246 g/mol. The second-order valence-corrected chi connectivity index (χ2v) is 5.02. The molecule has 0 amide bonds. The molecule has 0 spiro atoms. The molecule has 20 heavy (non-hydrogen) atoms. The molecule has 0 aliphatic carbocycles. The second kappa shape index (κ2) is 5.47. The maximum absolute atomic E-state index is 4.48. The zero-order chi connectivity index (χ0) is 13.9. The molecule has 1 aromatic heterocycles. The number of nitrogens with one attached hydrogen (secondary N) is 1. The molecule has 3 heteroatoms. The summed E-state index contributed by atoms with van der Waals surface area (Å²) in [4.78, 5) is 4.48. The van der Waals surface area contributed by atoms with Crippen LogP contribution in [0.15, 0.2) is 48.8 Å². The van der Waals surface area contributed by atoms with Gasteiger partial charge in [0.15, 0.2) is 0 Å². The van der Waals surface area contributed by atoms with Gasteiger partial charge in [-0.1, -0.05) is 36.8 Å². The highest BCUT2D eigenvalue weighted by Crippen LogP contribution is 2.22. The highest BCUT2D eigenvalue weighted by molar-refractivity contribution is 5.77. The van der Waals surface area contributed by atoms with Gasteiger partial charge in [0.1, 0.15) is 6.33 Å². The van der Waals surface area contributed by atoms with Crippen molar-refractivity contribution in [1.29, 1.82) is 0 Å². The molecule has 3 aromatic rings. The molecule has 0 atom stereocenters. The predicted octanol–water partition coefficient (Wildman–Crippen LogP) is 3.44. The largest absolute Gasteiger partial charge is 0.313 e. The van der Waals surface area contributed by atoms with Gasteiger partial charge in [-0.2, -0.15) is 0 Å². The molecule has 3 nitrogen and oxygen atoms in total. The zero-order valence-corrected chi connectivity index (χ0v) is 11.9. The van der Waals surface area contributed by atoms with Crippen molar-refractivity contribution in [3.8, 4) is 5.69 Å². The maximum atomic E-state index is 4.48. The lowest BCUT2D eigenvalue weighted by atomic mass is 10.1. The topological polar surface area (TPSA) is 29.9 Å². The zero-order valence-electron chi connectivity index (χ0n) is 11.9. The van der Waals surface area contributed by atoms with Gasteiger partial charge in [0.25, 0.3) is 0 Å². The van der Waals surface area contributed by atoms with E-state index in [-0.39, 0.29) is 0 Å². The first-order valence-corrected chi connectivity index (χ1v) is 7.02. The third-order valence-corrected chi connectivity index (χ3v) is 3.51. The number of hydrogen-bond acceptors (Lipinski definition) is 2. The molecule has 0 aliphatic rings. The fourth-order valence-corrected chi connectivity index (χ4v) is 2.50. The van der Waals surface area contributed by atoms with Crippen LogP contribution in [0.5, 0.6) is 0 Å². The predicted molar refractivity (Wildman–Crippen MR) is 83.2 cm³/mol. The number of para-hydroxylation sites is 2. The van der Waals surface area contributed by atoms with Crippen LogP contribution in [0.25, 0.3) is 16.7 Å². The minimum Gasteiger partial charge on any atom is -0.313 e. The molecule has 3 rings (SSSR count). The third kappa shape index (κ3) is 2.32. The van der Waals surface area contributed by atoms with Gasteiger partial charge in [0.2, 0.25) is 0 Å². The fraction of sp³-hybridized carbons (Fsp3) is 0.235. The normalized spacial score (nSPS) is 11.1. The van der Waals surface area contributed by atoms with Gasteiger partial charge in [-0.05, 0) is 37.2 Å². The van der Waals surface area contributed by atoms with Crippen molar-refractivity contribution in [2.75, 3.05) is 6.54 Å². The molecule has 0 saturated heterocycles. The van der Waals surface area contributed by atoms with Gasteiger partial charge in [0, 0.05) is 6.54 Å². The van der Waals surface area contributed by atoms with E-state index in [0.717, 1.165) is 24.1 Å². The van der Waals surface area contributed by atoms with Crippen LogP contribution in [0.1, 0.15) is 18.1 Å². The Morgan fingerprint density at radius 3 is 2.85 bits per heavy atom. The Kier molecular flexibility index (Phi) is 3.52. The summed E-state index contributed by atoms with van der Waals surface area (Å²) in [5, 5.41) is 3.41. The van der Waals surface area contributed by atoms with E-state index in [4.69, 9.17) is 0 Å². The van der Waals surface area contributed by atoms with E-state index in [1.165, 1.54) is 16.8 Å². The lowest BCUT2D eigenvalue weighted by Gasteiger charge is -2.12. The number of aromatic nitrogens is 2. The Labute approximate surface area is 119 Å². The number of benzene rings is 2.